The Hall–Kier alpha value is -3.11. The molecule has 0 spiro atoms. The van der Waals surface area contributed by atoms with Gasteiger partial charge in [-0.2, -0.15) is 0 Å². The summed E-state index contributed by atoms with van der Waals surface area (Å²) in [6.07, 6.45) is 0.825. The molecule has 0 fully saturated rings. The highest BCUT2D eigenvalue weighted by atomic mass is 16.5. The molecule has 0 aliphatic rings. The minimum absolute atomic E-state index is 0.200. The fourth-order valence-electron chi connectivity index (χ4n) is 3.31. The Morgan fingerprint density at radius 2 is 1.54 bits per heavy atom. The summed E-state index contributed by atoms with van der Waals surface area (Å²) in [7, 11) is 1.66. The van der Waals surface area contributed by atoms with Crippen LogP contribution in [0.4, 0.5) is 10.5 Å². The maximum Gasteiger partial charge on any atom is 0.319 e. The van der Waals surface area contributed by atoms with Crippen molar-refractivity contribution in [3.05, 3.63) is 102 Å². The predicted molar refractivity (Wildman–Crippen MR) is 114 cm³/mol. The molecule has 2 N–H and O–H groups in total. The fraction of sp³-hybridized carbons (Fsp3) is 0.208. The molecular formula is C24H26N2O2. The minimum atomic E-state index is -0.200. The van der Waals surface area contributed by atoms with E-state index in [1.165, 1.54) is 11.1 Å². The highest BCUT2D eigenvalue weighted by molar-refractivity contribution is 5.89. The van der Waals surface area contributed by atoms with Crippen molar-refractivity contribution in [3.63, 3.8) is 0 Å². The number of methoxy groups -OCH3 is 1. The van der Waals surface area contributed by atoms with Crippen LogP contribution in [0.5, 0.6) is 0 Å². The Morgan fingerprint density at radius 1 is 0.893 bits per heavy atom. The summed E-state index contributed by atoms with van der Waals surface area (Å²) >= 11 is 0. The van der Waals surface area contributed by atoms with Crippen LogP contribution in [0.15, 0.2) is 84.9 Å². The molecule has 28 heavy (non-hydrogen) atoms. The zero-order chi connectivity index (χ0) is 19.6. The van der Waals surface area contributed by atoms with Crippen LogP contribution >= 0.6 is 0 Å². The van der Waals surface area contributed by atoms with Crippen molar-refractivity contribution >= 4 is 11.7 Å². The second-order valence-corrected chi connectivity index (χ2v) is 6.68. The third-order valence-corrected chi connectivity index (χ3v) is 4.62. The number of carbonyl (C=O) groups is 1. The highest BCUT2D eigenvalue weighted by Gasteiger charge is 2.14. The van der Waals surface area contributed by atoms with E-state index >= 15 is 0 Å². The maximum atomic E-state index is 12.3. The average molecular weight is 374 g/mol. The number of urea groups is 1. The summed E-state index contributed by atoms with van der Waals surface area (Å²) in [6, 6.07) is 28.3. The third kappa shape index (κ3) is 5.69. The van der Waals surface area contributed by atoms with Crippen molar-refractivity contribution in [2.45, 2.75) is 18.9 Å². The number of anilines is 1. The van der Waals surface area contributed by atoms with Crippen molar-refractivity contribution in [2.75, 3.05) is 19.0 Å². The summed E-state index contributed by atoms with van der Waals surface area (Å²) in [5, 5.41) is 5.86. The first-order chi connectivity index (χ1) is 13.8. The lowest BCUT2D eigenvalue weighted by Gasteiger charge is -2.18. The normalized spacial score (nSPS) is 10.6. The molecule has 0 atom stereocenters. The molecule has 3 aromatic rings. The van der Waals surface area contributed by atoms with E-state index in [0.717, 1.165) is 17.7 Å². The van der Waals surface area contributed by atoms with E-state index in [9.17, 15) is 4.79 Å². The molecule has 0 aliphatic carbocycles. The molecule has 0 saturated heterocycles. The number of hydrogen-bond donors (Lipinski definition) is 2. The van der Waals surface area contributed by atoms with Crippen LogP contribution in [0.1, 0.15) is 29.0 Å². The van der Waals surface area contributed by atoms with Crippen molar-refractivity contribution in [2.24, 2.45) is 0 Å². The first-order valence-corrected chi connectivity index (χ1v) is 9.49. The Morgan fingerprint density at radius 3 is 2.14 bits per heavy atom. The molecular weight excluding hydrogens is 348 g/mol. The van der Waals surface area contributed by atoms with Gasteiger partial charge in [-0.3, -0.25) is 0 Å². The topological polar surface area (TPSA) is 50.4 Å². The van der Waals surface area contributed by atoms with Gasteiger partial charge in [0.05, 0.1) is 6.61 Å². The molecule has 0 unspecified atom stereocenters. The lowest BCUT2D eigenvalue weighted by Crippen LogP contribution is -2.30. The van der Waals surface area contributed by atoms with E-state index < -0.39 is 0 Å². The summed E-state index contributed by atoms with van der Waals surface area (Å²) in [5.41, 5.74) is 4.29. The lowest BCUT2D eigenvalue weighted by molar-refractivity contribution is 0.185. The summed E-state index contributed by atoms with van der Waals surface area (Å²) in [5.74, 6) is 0.243. The van der Waals surface area contributed by atoms with Gasteiger partial charge < -0.3 is 15.4 Å². The zero-order valence-electron chi connectivity index (χ0n) is 16.1. The van der Waals surface area contributed by atoms with Crippen LogP contribution in [0.25, 0.3) is 0 Å². The van der Waals surface area contributed by atoms with E-state index in [0.29, 0.717) is 13.2 Å². The molecule has 0 radical (unpaired) electrons. The summed E-state index contributed by atoms with van der Waals surface area (Å²) in [4.78, 5) is 12.3. The van der Waals surface area contributed by atoms with E-state index in [-0.39, 0.29) is 11.9 Å². The molecule has 4 heteroatoms. The predicted octanol–water partition coefficient (Wildman–Crippen LogP) is 5.18. The van der Waals surface area contributed by atoms with E-state index in [4.69, 9.17) is 4.74 Å². The van der Waals surface area contributed by atoms with Crippen LogP contribution in [-0.2, 0) is 11.3 Å². The van der Waals surface area contributed by atoms with Crippen LogP contribution in [-0.4, -0.2) is 19.7 Å². The molecule has 4 nitrogen and oxygen atoms in total. The van der Waals surface area contributed by atoms with Gasteiger partial charge in [0.1, 0.15) is 0 Å². The van der Waals surface area contributed by atoms with Gasteiger partial charge in [0, 0.05) is 25.3 Å². The number of benzene rings is 3. The highest BCUT2D eigenvalue weighted by Crippen LogP contribution is 2.27. The fourth-order valence-corrected chi connectivity index (χ4v) is 3.31. The lowest BCUT2D eigenvalue weighted by atomic mass is 9.88. The number of nitrogens with one attached hydrogen (secondary N) is 2. The Balaban J connectivity index is 1.58. The average Bonchev–Trinajstić information content (AvgIpc) is 2.73. The first-order valence-electron chi connectivity index (χ1n) is 9.49. The Labute approximate surface area is 166 Å². The molecule has 0 aromatic heterocycles. The standard InChI is InChI=1S/C24H26N2O2/c1-28-18-19-9-8-14-22(17-19)26-24(27)25-16-15-23(20-10-4-2-5-11-20)21-12-6-3-7-13-21/h2-14,17,23H,15-16,18H2,1H3,(H2,25,26,27). The molecule has 3 aromatic carbocycles. The van der Waals surface area contributed by atoms with Gasteiger partial charge in [-0.15, -0.1) is 0 Å². The van der Waals surface area contributed by atoms with Crippen LogP contribution in [0.3, 0.4) is 0 Å². The molecule has 0 saturated carbocycles. The first kappa shape index (κ1) is 19.6. The number of ether oxygens (including phenoxy) is 1. The smallest absolute Gasteiger partial charge is 0.319 e. The maximum absolute atomic E-state index is 12.3. The largest absolute Gasteiger partial charge is 0.380 e. The SMILES string of the molecule is COCc1cccc(NC(=O)NCCC(c2ccccc2)c2ccccc2)c1. The summed E-state index contributed by atoms with van der Waals surface area (Å²) in [6.45, 7) is 1.10. The van der Waals surface area contributed by atoms with Crippen molar-refractivity contribution in [1.29, 1.82) is 0 Å². The molecule has 0 heterocycles. The van der Waals surface area contributed by atoms with Crippen LogP contribution in [0, 0.1) is 0 Å². The quantitative estimate of drug-likeness (QED) is 0.571. The third-order valence-electron chi connectivity index (χ3n) is 4.62. The molecule has 0 bridgehead atoms. The molecule has 144 valence electrons. The van der Waals surface area contributed by atoms with Gasteiger partial charge >= 0.3 is 6.03 Å². The van der Waals surface area contributed by atoms with E-state index in [1.54, 1.807) is 7.11 Å². The number of hydrogen-bond acceptors (Lipinski definition) is 2. The number of rotatable bonds is 8. The molecule has 3 rings (SSSR count). The number of carbonyl (C=O) groups excluding carboxylic acids is 1. The number of amides is 2. The van der Waals surface area contributed by atoms with E-state index in [1.807, 2.05) is 36.4 Å². The zero-order valence-corrected chi connectivity index (χ0v) is 16.1. The monoisotopic (exact) mass is 374 g/mol. The van der Waals surface area contributed by atoms with Gasteiger partial charge in [0.15, 0.2) is 0 Å². The van der Waals surface area contributed by atoms with Crippen molar-refractivity contribution in [3.8, 4) is 0 Å². The van der Waals surface area contributed by atoms with Crippen LogP contribution in [0.2, 0.25) is 0 Å². The van der Waals surface area contributed by atoms with Gasteiger partial charge in [-0.1, -0.05) is 72.8 Å². The van der Waals surface area contributed by atoms with Gasteiger partial charge in [0.25, 0.3) is 0 Å². The summed E-state index contributed by atoms with van der Waals surface area (Å²) < 4.78 is 5.13. The second kappa shape index (κ2) is 10.3. The van der Waals surface area contributed by atoms with Crippen molar-refractivity contribution < 1.29 is 9.53 Å². The Kier molecular flexibility index (Phi) is 7.21. The van der Waals surface area contributed by atoms with Gasteiger partial charge in [-0.05, 0) is 35.2 Å². The van der Waals surface area contributed by atoms with Crippen molar-refractivity contribution in [1.82, 2.24) is 5.32 Å². The van der Waals surface area contributed by atoms with Gasteiger partial charge in [0.2, 0.25) is 0 Å². The second-order valence-electron chi connectivity index (χ2n) is 6.68. The van der Waals surface area contributed by atoms with Crippen LogP contribution < -0.4 is 10.6 Å². The van der Waals surface area contributed by atoms with Gasteiger partial charge in [-0.25, -0.2) is 4.79 Å². The van der Waals surface area contributed by atoms with E-state index in [2.05, 4.69) is 59.2 Å². The molecule has 0 aliphatic heterocycles. The molecule has 2 amide bonds. The minimum Gasteiger partial charge on any atom is -0.380 e. The Bertz CT molecular complexity index is 827.